The second-order valence-corrected chi connectivity index (χ2v) is 6.95. The van der Waals surface area contributed by atoms with Crippen LogP contribution >= 0.6 is 11.6 Å². The van der Waals surface area contributed by atoms with Crippen LogP contribution in [-0.2, 0) is 10.0 Å². The fraction of sp³-hybridized carbons (Fsp3) is 0.500. The van der Waals surface area contributed by atoms with Crippen molar-refractivity contribution in [2.75, 3.05) is 6.61 Å². The Labute approximate surface area is 128 Å². The van der Waals surface area contributed by atoms with Gasteiger partial charge >= 0.3 is 0 Å². The van der Waals surface area contributed by atoms with E-state index in [1.807, 2.05) is 0 Å². The molecule has 1 unspecified atom stereocenters. The van der Waals surface area contributed by atoms with E-state index in [-0.39, 0.29) is 22.9 Å². The van der Waals surface area contributed by atoms with Crippen LogP contribution in [0.5, 0.6) is 0 Å². The second-order valence-electron chi connectivity index (χ2n) is 4.86. The Morgan fingerprint density at radius 3 is 2.57 bits per heavy atom. The van der Waals surface area contributed by atoms with Crippen LogP contribution in [0.3, 0.4) is 0 Å². The minimum atomic E-state index is -3.95. The second kappa shape index (κ2) is 6.69. The lowest BCUT2D eigenvalue weighted by Crippen LogP contribution is -2.46. The van der Waals surface area contributed by atoms with Crippen molar-refractivity contribution in [3.8, 4) is 0 Å². The molecule has 0 aliphatic heterocycles. The zero-order chi connectivity index (χ0) is 16.3. The van der Waals surface area contributed by atoms with Gasteiger partial charge in [-0.15, -0.1) is 0 Å². The molecule has 0 heterocycles. The summed E-state index contributed by atoms with van der Waals surface area (Å²) < 4.78 is 27.1. The molecule has 0 bridgehead atoms. The molecule has 9 heteroatoms. The van der Waals surface area contributed by atoms with Gasteiger partial charge in [-0.05, 0) is 31.9 Å². The van der Waals surface area contributed by atoms with Gasteiger partial charge in [0, 0.05) is 18.2 Å². The largest absolute Gasteiger partial charge is 0.396 e. The summed E-state index contributed by atoms with van der Waals surface area (Å²) in [4.78, 5) is 9.84. The van der Waals surface area contributed by atoms with Crippen molar-refractivity contribution >= 4 is 27.3 Å². The van der Waals surface area contributed by atoms with E-state index in [0.29, 0.717) is 6.42 Å². The first-order valence-corrected chi connectivity index (χ1v) is 8.10. The number of nitro groups is 1. The molecule has 0 aliphatic rings. The van der Waals surface area contributed by atoms with E-state index in [0.717, 1.165) is 6.07 Å². The first-order valence-electron chi connectivity index (χ1n) is 6.24. The molecule has 1 atom stereocenters. The number of hydrogen-bond acceptors (Lipinski definition) is 5. The molecule has 1 aromatic carbocycles. The monoisotopic (exact) mass is 336 g/mol. The van der Waals surface area contributed by atoms with Crippen LogP contribution in [0.1, 0.15) is 26.7 Å². The van der Waals surface area contributed by atoms with E-state index in [9.17, 15) is 18.5 Å². The summed E-state index contributed by atoms with van der Waals surface area (Å²) in [6.07, 6.45) is 0.695. The van der Waals surface area contributed by atoms with Gasteiger partial charge in [0.2, 0.25) is 10.0 Å². The lowest BCUT2D eigenvalue weighted by Gasteiger charge is -2.28. The van der Waals surface area contributed by atoms with Crippen LogP contribution < -0.4 is 4.72 Å². The maximum atomic E-state index is 12.3. The quantitative estimate of drug-likeness (QED) is 0.585. The lowest BCUT2D eigenvalue weighted by atomic mass is 9.97. The minimum Gasteiger partial charge on any atom is -0.396 e. The number of hydrogen-bond donors (Lipinski definition) is 2. The molecule has 0 aromatic heterocycles. The third-order valence-electron chi connectivity index (χ3n) is 3.25. The molecule has 0 fully saturated rings. The number of aliphatic hydroxyl groups is 1. The van der Waals surface area contributed by atoms with Crippen LogP contribution in [0.15, 0.2) is 23.1 Å². The maximum Gasteiger partial charge on any atom is 0.289 e. The van der Waals surface area contributed by atoms with E-state index < -0.39 is 26.2 Å². The van der Waals surface area contributed by atoms with E-state index in [2.05, 4.69) is 4.72 Å². The van der Waals surface area contributed by atoms with Gasteiger partial charge in [0.15, 0.2) is 0 Å². The van der Waals surface area contributed by atoms with Crippen molar-refractivity contribution in [2.45, 2.75) is 37.1 Å². The van der Waals surface area contributed by atoms with E-state index >= 15 is 0 Å². The fourth-order valence-corrected chi connectivity index (χ4v) is 3.44. The number of aliphatic hydroxyl groups excluding tert-OH is 1. The summed E-state index contributed by atoms with van der Waals surface area (Å²) in [6, 6.07) is 3.29. The Balaban J connectivity index is 3.20. The molecular formula is C12H17ClN2O5S. The Morgan fingerprint density at radius 2 is 2.10 bits per heavy atom. The number of halogens is 1. The van der Waals surface area contributed by atoms with Crippen molar-refractivity contribution < 1.29 is 18.4 Å². The highest BCUT2D eigenvalue weighted by Crippen LogP contribution is 2.28. The highest BCUT2D eigenvalue weighted by atomic mass is 35.5. The van der Waals surface area contributed by atoms with Crippen molar-refractivity contribution in [1.29, 1.82) is 0 Å². The van der Waals surface area contributed by atoms with Crippen molar-refractivity contribution in [3.05, 3.63) is 33.3 Å². The Bertz CT molecular complexity index is 635. The topological polar surface area (TPSA) is 110 Å². The summed E-state index contributed by atoms with van der Waals surface area (Å²) in [5.41, 5.74) is -1.30. The standard InChI is InChI=1S/C12H17ClN2O5S/c1-3-12(2,6-7-16)14-21(19,20)9-4-5-10(13)11(8-9)15(17)18/h4-5,8,14,16H,3,6-7H2,1-2H3. The molecular weight excluding hydrogens is 320 g/mol. The van der Waals surface area contributed by atoms with Crippen molar-refractivity contribution in [3.63, 3.8) is 0 Å². The zero-order valence-electron chi connectivity index (χ0n) is 11.7. The van der Waals surface area contributed by atoms with E-state index in [1.165, 1.54) is 12.1 Å². The molecule has 21 heavy (non-hydrogen) atoms. The Morgan fingerprint density at radius 1 is 1.48 bits per heavy atom. The molecule has 0 saturated heterocycles. The number of nitrogens with one attached hydrogen (secondary N) is 1. The smallest absolute Gasteiger partial charge is 0.289 e. The summed E-state index contributed by atoms with van der Waals surface area (Å²) in [7, 11) is -3.95. The van der Waals surface area contributed by atoms with Gasteiger partial charge in [0.25, 0.3) is 5.69 Å². The molecule has 2 N–H and O–H groups in total. The average Bonchev–Trinajstić information content (AvgIpc) is 2.38. The maximum absolute atomic E-state index is 12.3. The van der Waals surface area contributed by atoms with Crippen LogP contribution in [-0.4, -0.2) is 30.6 Å². The molecule has 0 aliphatic carbocycles. The lowest BCUT2D eigenvalue weighted by molar-refractivity contribution is -0.384. The highest BCUT2D eigenvalue weighted by molar-refractivity contribution is 7.89. The Hall–Kier alpha value is -1.22. The number of benzene rings is 1. The SMILES string of the molecule is CCC(C)(CCO)NS(=O)(=O)c1ccc(Cl)c([N+](=O)[O-])c1. The molecule has 7 nitrogen and oxygen atoms in total. The molecule has 118 valence electrons. The van der Waals surface area contributed by atoms with Crippen LogP contribution in [0, 0.1) is 10.1 Å². The van der Waals surface area contributed by atoms with E-state index in [1.54, 1.807) is 13.8 Å². The van der Waals surface area contributed by atoms with E-state index in [4.69, 9.17) is 16.7 Å². The number of nitro benzene ring substituents is 1. The zero-order valence-corrected chi connectivity index (χ0v) is 13.2. The summed E-state index contributed by atoms with van der Waals surface area (Å²) in [5, 5.41) is 19.7. The Kier molecular flexibility index (Phi) is 5.68. The van der Waals surface area contributed by atoms with Gasteiger partial charge in [-0.1, -0.05) is 18.5 Å². The van der Waals surface area contributed by atoms with Gasteiger partial charge < -0.3 is 5.11 Å². The van der Waals surface area contributed by atoms with Crippen LogP contribution in [0.25, 0.3) is 0 Å². The number of sulfonamides is 1. The minimum absolute atomic E-state index is 0.132. The molecule has 1 aromatic rings. The molecule has 0 amide bonds. The van der Waals surface area contributed by atoms with Gasteiger partial charge in [-0.25, -0.2) is 13.1 Å². The molecule has 1 rings (SSSR count). The fourth-order valence-electron chi connectivity index (χ4n) is 1.73. The van der Waals surface area contributed by atoms with Crippen LogP contribution in [0.4, 0.5) is 5.69 Å². The molecule has 0 saturated carbocycles. The average molecular weight is 337 g/mol. The van der Waals surface area contributed by atoms with Gasteiger partial charge in [0.1, 0.15) is 5.02 Å². The molecule has 0 spiro atoms. The number of nitrogens with zero attached hydrogens (tertiary/aromatic N) is 1. The first-order chi connectivity index (χ1) is 9.65. The first kappa shape index (κ1) is 17.8. The summed E-state index contributed by atoms with van der Waals surface area (Å²) >= 11 is 5.66. The number of rotatable bonds is 7. The predicted octanol–water partition coefficient (Wildman–Crippen LogP) is 2.08. The highest BCUT2D eigenvalue weighted by Gasteiger charge is 2.30. The van der Waals surface area contributed by atoms with Gasteiger partial charge in [0.05, 0.1) is 9.82 Å². The normalized spacial score (nSPS) is 14.7. The van der Waals surface area contributed by atoms with Crippen molar-refractivity contribution in [2.24, 2.45) is 0 Å². The van der Waals surface area contributed by atoms with Gasteiger partial charge in [-0.2, -0.15) is 0 Å². The van der Waals surface area contributed by atoms with Crippen LogP contribution in [0.2, 0.25) is 5.02 Å². The third-order valence-corrected chi connectivity index (χ3v) is 5.20. The predicted molar refractivity (Wildman–Crippen MR) is 78.8 cm³/mol. The summed E-state index contributed by atoms with van der Waals surface area (Å²) in [6.45, 7) is 3.27. The van der Waals surface area contributed by atoms with Crippen molar-refractivity contribution in [1.82, 2.24) is 4.72 Å². The molecule has 0 radical (unpaired) electrons. The third kappa shape index (κ3) is 4.37. The summed E-state index contributed by atoms with van der Waals surface area (Å²) in [5.74, 6) is 0. The van der Waals surface area contributed by atoms with Gasteiger partial charge in [-0.3, -0.25) is 10.1 Å².